The Morgan fingerprint density at radius 2 is 1.90 bits per heavy atom. The fourth-order valence-corrected chi connectivity index (χ4v) is 1.88. The summed E-state index contributed by atoms with van der Waals surface area (Å²) in [6.07, 6.45) is 1.09. The molecule has 0 radical (unpaired) electrons. The van der Waals surface area contributed by atoms with Crippen LogP contribution in [0.3, 0.4) is 0 Å². The molecule has 1 N–H and O–H groups in total. The van der Waals surface area contributed by atoms with E-state index in [1.807, 2.05) is 6.07 Å². The average Bonchev–Trinajstić information content (AvgIpc) is 2.41. The highest BCUT2D eigenvalue weighted by molar-refractivity contribution is 5.36. The van der Waals surface area contributed by atoms with Crippen LogP contribution in [0.4, 0.5) is 0 Å². The van der Waals surface area contributed by atoms with E-state index in [0.29, 0.717) is 18.6 Å². The number of rotatable bonds is 9. The normalized spacial score (nSPS) is 11.3. The molecule has 20 heavy (non-hydrogen) atoms. The van der Waals surface area contributed by atoms with Gasteiger partial charge in [0.2, 0.25) is 0 Å². The van der Waals surface area contributed by atoms with E-state index in [1.165, 1.54) is 5.56 Å². The summed E-state index contributed by atoms with van der Waals surface area (Å²) >= 11 is 0. The molecule has 1 aromatic carbocycles. The lowest BCUT2D eigenvalue weighted by Gasteiger charge is -2.13. The first kappa shape index (κ1) is 17.0. The maximum Gasteiger partial charge on any atom is 0.124 e. The van der Waals surface area contributed by atoms with Gasteiger partial charge in [-0.1, -0.05) is 33.8 Å². The van der Waals surface area contributed by atoms with Gasteiger partial charge in [-0.2, -0.15) is 0 Å². The third-order valence-electron chi connectivity index (χ3n) is 3.16. The number of benzene rings is 1. The molecular formula is C17H29NO2. The number of ether oxygens (including phenoxy) is 2. The van der Waals surface area contributed by atoms with Crippen LogP contribution in [0.1, 0.15) is 45.2 Å². The lowest BCUT2D eigenvalue weighted by atomic mass is 10.1. The molecule has 0 aliphatic rings. The summed E-state index contributed by atoms with van der Waals surface area (Å²) in [6.45, 7) is 11.0. The van der Waals surface area contributed by atoms with Crippen LogP contribution in [0.25, 0.3) is 0 Å². The molecule has 114 valence electrons. The van der Waals surface area contributed by atoms with E-state index in [1.54, 1.807) is 7.11 Å². The van der Waals surface area contributed by atoms with Gasteiger partial charge in [0.05, 0.1) is 13.7 Å². The Kier molecular flexibility index (Phi) is 7.63. The number of hydrogen-bond donors (Lipinski definition) is 1. The van der Waals surface area contributed by atoms with Gasteiger partial charge in [-0.15, -0.1) is 0 Å². The zero-order chi connectivity index (χ0) is 15.0. The van der Waals surface area contributed by atoms with Gasteiger partial charge in [-0.25, -0.2) is 0 Å². The third-order valence-corrected chi connectivity index (χ3v) is 3.16. The van der Waals surface area contributed by atoms with Crippen LogP contribution in [0, 0.1) is 5.92 Å². The van der Waals surface area contributed by atoms with Gasteiger partial charge in [0.15, 0.2) is 0 Å². The zero-order valence-electron chi connectivity index (χ0n) is 13.5. The Hall–Kier alpha value is -1.06. The molecule has 0 saturated carbocycles. The average molecular weight is 279 g/mol. The van der Waals surface area contributed by atoms with E-state index in [9.17, 15) is 0 Å². The minimum atomic E-state index is 0.489. The first-order valence-corrected chi connectivity index (χ1v) is 7.49. The molecule has 1 aromatic rings. The molecule has 0 aliphatic heterocycles. The summed E-state index contributed by atoms with van der Waals surface area (Å²) in [6, 6.07) is 6.79. The van der Waals surface area contributed by atoms with Crippen LogP contribution >= 0.6 is 0 Å². The Labute approximate surface area is 123 Å². The quantitative estimate of drug-likeness (QED) is 0.698. The van der Waals surface area contributed by atoms with E-state index in [0.717, 1.165) is 30.9 Å². The van der Waals surface area contributed by atoms with E-state index in [-0.39, 0.29) is 0 Å². The van der Waals surface area contributed by atoms with Crippen LogP contribution in [0.2, 0.25) is 0 Å². The Morgan fingerprint density at radius 1 is 1.15 bits per heavy atom. The Morgan fingerprint density at radius 3 is 2.50 bits per heavy atom. The van der Waals surface area contributed by atoms with Crippen molar-refractivity contribution in [2.24, 2.45) is 5.92 Å². The highest BCUT2D eigenvalue weighted by atomic mass is 16.5. The van der Waals surface area contributed by atoms with Crippen molar-refractivity contribution in [2.75, 3.05) is 13.7 Å². The maximum absolute atomic E-state index is 5.75. The van der Waals surface area contributed by atoms with Crippen LogP contribution in [0.5, 0.6) is 5.75 Å². The zero-order valence-corrected chi connectivity index (χ0v) is 13.5. The second kappa shape index (κ2) is 8.98. The molecule has 0 spiro atoms. The van der Waals surface area contributed by atoms with Crippen molar-refractivity contribution in [3.8, 4) is 5.75 Å². The highest BCUT2D eigenvalue weighted by Gasteiger charge is 2.06. The summed E-state index contributed by atoms with van der Waals surface area (Å²) < 4.78 is 11.2. The van der Waals surface area contributed by atoms with Crippen LogP contribution in [-0.4, -0.2) is 19.8 Å². The van der Waals surface area contributed by atoms with E-state index in [2.05, 4.69) is 45.1 Å². The Bertz CT molecular complexity index is 389. The van der Waals surface area contributed by atoms with Crippen molar-refractivity contribution in [2.45, 2.75) is 53.3 Å². The molecule has 3 nitrogen and oxygen atoms in total. The summed E-state index contributed by atoms with van der Waals surface area (Å²) in [5.74, 6) is 1.58. The Balaban J connectivity index is 2.58. The maximum atomic E-state index is 5.75. The summed E-state index contributed by atoms with van der Waals surface area (Å²) in [5, 5.41) is 3.43. The van der Waals surface area contributed by atoms with Crippen molar-refractivity contribution >= 4 is 0 Å². The number of hydrogen-bond acceptors (Lipinski definition) is 3. The van der Waals surface area contributed by atoms with Crippen molar-refractivity contribution < 1.29 is 9.47 Å². The molecule has 0 saturated heterocycles. The minimum Gasteiger partial charge on any atom is -0.496 e. The summed E-state index contributed by atoms with van der Waals surface area (Å²) in [5.41, 5.74) is 2.39. The van der Waals surface area contributed by atoms with Gasteiger partial charge in [-0.05, 0) is 30.0 Å². The third kappa shape index (κ3) is 6.40. The van der Waals surface area contributed by atoms with Crippen LogP contribution < -0.4 is 10.1 Å². The molecule has 0 bridgehead atoms. The van der Waals surface area contributed by atoms with E-state index < -0.39 is 0 Å². The molecule has 1 rings (SSSR count). The second-order valence-corrected chi connectivity index (χ2v) is 5.92. The van der Waals surface area contributed by atoms with Gasteiger partial charge in [0.1, 0.15) is 5.75 Å². The molecular weight excluding hydrogens is 250 g/mol. The van der Waals surface area contributed by atoms with Crippen molar-refractivity contribution in [1.82, 2.24) is 5.32 Å². The molecule has 0 unspecified atom stereocenters. The largest absolute Gasteiger partial charge is 0.496 e. The van der Waals surface area contributed by atoms with Gasteiger partial charge >= 0.3 is 0 Å². The topological polar surface area (TPSA) is 30.5 Å². The summed E-state index contributed by atoms with van der Waals surface area (Å²) in [4.78, 5) is 0. The minimum absolute atomic E-state index is 0.489. The molecule has 0 atom stereocenters. The molecule has 0 aromatic heterocycles. The van der Waals surface area contributed by atoms with E-state index in [4.69, 9.17) is 9.47 Å². The van der Waals surface area contributed by atoms with Gasteiger partial charge in [0.25, 0.3) is 0 Å². The van der Waals surface area contributed by atoms with E-state index >= 15 is 0 Å². The first-order valence-electron chi connectivity index (χ1n) is 7.49. The first-order chi connectivity index (χ1) is 9.52. The molecule has 0 amide bonds. The predicted molar refractivity (Wildman–Crippen MR) is 84.1 cm³/mol. The predicted octanol–water partition coefficient (Wildman–Crippen LogP) is 3.76. The fourth-order valence-electron chi connectivity index (χ4n) is 1.88. The van der Waals surface area contributed by atoms with Gasteiger partial charge < -0.3 is 14.8 Å². The second-order valence-electron chi connectivity index (χ2n) is 5.92. The monoisotopic (exact) mass is 279 g/mol. The van der Waals surface area contributed by atoms with Crippen molar-refractivity contribution in [3.63, 3.8) is 0 Å². The summed E-state index contributed by atoms with van der Waals surface area (Å²) in [7, 11) is 1.71. The highest BCUT2D eigenvalue weighted by Crippen LogP contribution is 2.21. The van der Waals surface area contributed by atoms with Crippen molar-refractivity contribution in [3.05, 3.63) is 29.3 Å². The fraction of sp³-hybridized carbons (Fsp3) is 0.647. The standard InChI is InChI=1S/C17H29NO2/c1-13(2)8-9-20-12-16-10-15(11-18-14(3)4)6-7-17(16)19-5/h6-7,10,13-14,18H,8-9,11-12H2,1-5H3. The van der Waals surface area contributed by atoms with Gasteiger partial charge in [-0.3, -0.25) is 0 Å². The molecule has 0 fully saturated rings. The number of methoxy groups -OCH3 is 1. The lowest BCUT2D eigenvalue weighted by Crippen LogP contribution is -2.21. The molecule has 0 heterocycles. The van der Waals surface area contributed by atoms with Crippen molar-refractivity contribution in [1.29, 1.82) is 0 Å². The molecule has 0 aliphatic carbocycles. The van der Waals surface area contributed by atoms with Gasteiger partial charge in [0, 0.05) is 24.8 Å². The smallest absolute Gasteiger partial charge is 0.124 e. The van der Waals surface area contributed by atoms with Crippen LogP contribution in [0.15, 0.2) is 18.2 Å². The SMILES string of the molecule is COc1ccc(CNC(C)C)cc1COCCC(C)C. The molecule has 3 heteroatoms. The van der Waals surface area contributed by atoms with Crippen LogP contribution in [-0.2, 0) is 17.9 Å². The number of nitrogens with one attached hydrogen (secondary N) is 1. The lowest BCUT2D eigenvalue weighted by molar-refractivity contribution is 0.109.